The molecule has 0 amide bonds. The molecule has 39 heavy (non-hydrogen) atoms. The third kappa shape index (κ3) is 5.27. The number of carbonyl (C=O) groups excluding carboxylic acids is 1. The van der Waals surface area contributed by atoms with Crippen LogP contribution >= 0.6 is 11.3 Å². The Balaban J connectivity index is 1.43. The first kappa shape index (κ1) is 25.8. The summed E-state index contributed by atoms with van der Waals surface area (Å²) >= 11 is 1.26. The molecule has 0 saturated carbocycles. The molecule has 0 saturated heterocycles. The Morgan fingerprint density at radius 3 is 2.41 bits per heavy atom. The summed E-state index contributed by atoms with van der Waals surface area (Å²) in [5.41, 5.74) is 3.01. The predicted molar refractivity (Wildman–Crippen MR) is 146 cm³/mol. The van der Waals surface area contributed by atoms with Gasteiger partial charge in [0.15, 0.2) is 4.80 Å². The normalized spacial score (nSPS) is 14.9. The molecule has 196 valence electrons. The fourth-order valence-electron chi connectivity index (χ4n) is 4.34. The number of nitrogens with zero attached hydrogens (tertiary/aromatic N) is 3. The van der Waals surface area contributed by atoms with E-state index in [9.17, 15) is 19.7 Å². The van der Waals surface area contributed by atoms with Crippen molar-refractivity contribution in [2.45, 2.75) is 19.6 Å². The molecule has 1 aromatic heterocycles. The van der Waals surface area contributed by atoms with Gasteiger partial charge in [-0.3, -0.25) is 19.5 Å². The molecule has 1 aliphatic rings. The quantitative estimate of drug-likeness (QED) is 0.199. The lowest BCUT2D eigenvalue weighted by molar-refractivity contribution is -0.384. The number of esters is 1. The first-order valence-corrected chi connectivity index (χ1v) is 12.8. The number of fused-ring (bicyclic) bond motifs is 1. The van der Waals surface area contributed by atoms with E-state index in [0.717, 1.165) is 16.7 Å². The van der Waals surface area contributed by atoms with E-state index >= 15 is 0 Å². The highest BCUT2D eigenvalue weighted by atomic mass is 32.1. The number of nitro groups is 1. The second-order valence-corrected chi connectivity index (χ2v) is 9.77. The summed E-state index contributed by atoms with van der Waals surface area (Å²) in [6.45, 7) is 2.01. The zero-order valence-electron chi connectivity index (χ0n) is 21.1. The number of rotatable bonds is 7. The van der Waals surface area contributed by atoms with Gasteiger partial charge in [-0.1, -0.05) is 53.8 Å². The van der Waals surface area contributed by atoms with Gasteiger partial charge >= 0.3 is 5.97 Å². The molecule has 9 nitrogen and oxygen atoms in total. The van der Waals surface area contributed by atoms with Gasteiger partial charge in [0.05, 0.1) is 33.9 Å². The van der Waals surface area contributed by atoms with Gasteiger partial charge in [0.25, 0.3) is 11.2 Å². The second kappa shape index (κ2) is 10.9. The van der Waals surface area contributed by atoms with E-state index in [4.69, 9.17) is 9.47 Å². The van der Waals surface area contributed by atoms with Crippen molar-refractivity contribution in [2.75, 3.05) is 7.11 Å². The zero-order chi connectivity index (χ0) is 27.5. The first-order chi connectivity index (χ1) is 18.9. The van der Waals surface area contributed by atoms with Gasteiger partial charge in [0.2, 0.25) is 0 Å². The maximum Gasteiger partial charge on any atom is 0.338 e. The predicted octanol–water partition coefficient (Wildman–Crippen LogP) is 3.90. The van der Waals surface area contributed by atoms with E-state index in [1.54, 1.807) is 41.8 Å². The number of benzene rings is 3. The molecule has 0 radical (unpaired) electrons. The van der Waals surface area contributed by atoms with Crippen molar-refractivity contribution in [1.29, 1.82) is 0 Å². The van der Waals surface area contributed by atoms with Crippen LogP contribution in [0.15, 0.2) is 99.9 Å². The molecule has 0 N–H and O–H groups in total. The largest absolute Gasteiger partial charge is 0.489 e. The van der Waals surface area contributed by atoms with Crippen molar-refractivity contribution in [2.24, 2.45) is 4.99 Å². The van der Waals surface area contributed by atoms with Crippen molar-refractivity contribution >= 4 is 29.1 Å². The molecule has 0 spiro atoms. The van der Waals surface area contributed by atoms with E-state index in [1.807, 2.05) is 42.5 Å². The summed E-state index contributed by atoms with van der Waals surface area (Å²) in [6, 6.07) is 22.1. The van der Waals surface area contributed by atoms with E-state index in [0.29, 0.717) is 26.4 Å². The number of non-ortho nitro benzene ring substituents is 1. The van der Waals surface area contributed by atoms with Crippen LogP contribution in [0.5, 0.6) is 5.75 Å². The highest BCUT2D eigenvalue weighted by molar-refractivity contribution is 7.07. The van der Waals surface area contributed by atoms with E-state index < -0.39 is 16.9 Å². The zero-order valence-corrected chi connectivity index (χ0v) is 21.9. The van der Waals surface area contributed by atoms with Crippen LogP contribution in [-0.4, -0.2) is 22.6 Å². The molecular weight excluding hydrogens is 518 g/mol. The standard InChI is InChI=1S/C29H23N3O6S/c1-18-25(28(34)37-2)26(21-6-4-3-5-7-21)31-27(33)24(39-29(31)30-18)16-19-10-14-23(15-11-19)38-17-20-8-12-22(13-9-20)32(35)36/h3-16,26H,17H2,1-2H3/b24-16-/t26-/m1/s1. The SMILES string of the molecule is COC(=O)C1=C(C)N=c2s/c(=C\c3ccc(OCc4ccc([N+](=O)[O-])cc4)cc3)c(=O)n2[C@@H]1c1ccccc1. The molecule has 4 aromatic rings. The average Bonchev–Trinajstić information content (AvgIpc) is 3.26. The molecule has 10 heteroatoms. The molecule has 1 aliphatic heterocycles. The van der Waals surface area contributed by atoms with E-state index in [1.165, 1.54) is 30.6 Å². The van der Waals surface area contributed by atoms with Crippen LogP contribution in [0.25, 0.3) is 6.08 Å². The van der Waals surface area contributed by atoms with Crippen molar-refractivity contribution in [3.63, 3.8) is 0 Å². The van der Waals surface area contributed by atoms with Gasteiger partial charge in [-0.25, -0.2) is 9.79 Å². The average molecular weight is 542 g/mol. The summed E-state index contributed by atoms with van der Waals surface area (Å²) in [4.78, 5) is 41.7. The number of nitro benzene ring substituents is 1. The fraction of sp³-hybridized carbons (Fsp3) is 0.138. The Bertz CT molecular complexity index is 1750. The fourth-order valence-corrected chi connectivity index (χ4v) is 5.38. The Morgan fingerprint density at radius 2 is 1.77 bits per heavy atom. The third-order valence-corrected chi connectivity index (χ3v) is 7.26. The van der Waals surface area contributed by atoms with Crippen LogP contribution in [0, 0.1) is 10.1 Å². The first-order valence-electron chi connectivity index (χ1n) is 12.0. The third-order valence-electron chi connectivity index (χ3n) is 6.27. The maximum atomic E-state index is 13.6. The van der Waals surface area contributed by atoms with Gasteiger partial charge in [-0.15, -0.1) is 0 Å². The monoisotopic (exact) mass is 541 g/mol. The maximum absolute atomic E-state index is 13.6. The number of hydrogen-bond donors (Lipinski definition) is 0. The molecule has 0 fully saturated rings. The van der Waals surface area contributed by atoms with Crippen LogP contribution < -0.4 is 19.6 Å². The van der Waals surface area contributed by atoms with E-state index in [2.05, 4.69) is 4.99 Å². The van der Waals surface area contributed by atoms with Crippen molar-refractivity contribution in [3.05, 3.63) is 137 Å². The van der Waals surface area contributed by atoms with Crippen LogP contribution in [0.4, 0.5) is 5.69 Å². The molecule has 1 atom stereocenters. The number of thiazole rings is 1. The molecule has 5 rings (SSSR count). The molecule has 2 heterocycles. The summed E-state index contributed by atoms with van der Waals surface area (Å²) in [5.74, 6) is 0.0954. The number of allylic oxidation sites excluding steroid dienone is 1. The molecule has 0 bridgehead atoms. The molecule has 0 aliphatic carbocycles. The minimum atomic E-state index is -0.646. The smallest absolute Gasteiger partial charge is 0.338 e. The van der Waals surface area contributed by atoms with Crippen LogP contribution in [0.1, 0.15) is 29.7 Å². The van der Waals surface area contributed by atoms with E-state index in [-0.39, 0.29) is 17.9 Å². The van der Waals surface area contributed by atoms with Gasteiger partial charge in [-0.2, -0.15) is 0 Å². The highest BCUT2D eigenvalue weighted by Crippen LogP contribution is 2.30. The lowest BCUT2D eigenvalue weighted by atomic mass is 9.96. The minimum absolute atomic E-state index is 0.0279. The van der Waals surface area contributed by atoms with Crippen molar-refractivity contribution in [1.82, 2.24) is 4.57 Å². The lowest BCUT2D eigenvalue weighted by Gasteiger charge is -2.24. The van der Waals surface area contributed by atoms with Crippen LogP contribution in [-0.2, 0) is 16.1 Å². The van der Waals surface area contributed by atoms with Crippen molar-refractivity contribution in [3.8, 4) is 5.75 Å². The molecule has 0 unspecified atom stereocenters. The highest BCUT2D eigenvalue weighted by Gasteiger charge is 2.32. The second-order valence-electron chi connectivity index (χ2n) is 8.77. The Labute approximate surface area is 226 Å². The van der Waals surface area contributed by atoms with Gasteiger partial charge in [-0.05, 0) is 54.0 Å². The number of aromatic nitrogens is 1. The van der Waals surface area contributed by atoms with Crippen molar-refractivity contribution < 1.29 is 19.2 Å². The van der Waals surface area contributed by atoms with Crippen LogP contribution in [0.3, 0.4) is 0 Å². The van der Waals surface area contributed by atoms with Gasteiger partial charge in [0, 0.05) is 12.1 Å². The number of hydrogen-bond acceptors (Lipinski definition) is 8. The summed E-state index contributed by atoms with van der Waals surface area (Å²) in [6.07, 6.45) is 1.78. The van der Waals surface area contributed by atoms with Gasteiger partial charge < -0.3 is 9.47 Å². The molecular formula is C29H23N3O6S. The topological polar surface area (TPSA) is 113 Å². The summed E-state index contributed by atoms with van der Waals surface area (Å²) < 4.78 is 12.9. The number of methoxy groups -OCH3 is 1. The number of carbonyl (C=O) groups is 1. The number of ether oxygens (including phenoxy) is 2. The Morgan fingerprint density at radius 1 is 1.08 bits per heavy atom. The minimum Gasteiger partial charge on any atom is -0.489 e. The Kier molecular flexibility index (Phi) is 7.20. The summed E-state index contributed by atoms with van der Waals surface area (Å²) in [5, 5.41) is 10.8. The Hall–Kier alpha value is -4.83. The lowest BCUT2D eigenvalue weighted by Crippen LogP contribution is -2.39. The van der Waals surface area contributed by atoms with Crippen LogP contribution in [0.2, 0.25) is 0 Å². The molecule has 3 aromatic carbocycles. The summed E-state index contributed by atoms with van der Waals surface area (Å²) in [7, 11) is 1.31. The van der Waals surface area contributed by atoms with Gasteiger partial charge in [0.1, 0.15) is 12.4 Å².